The molecule has 0 radical (unpaired) electrons. The number of rotatable bonds is 3. The van der Waals surface area contributed by atoms with Gasteiger partial charge in [0.15, 0.2) is 5.75 Å². The molecule has 1 heterocycles. The Morgan fingerprint density at radius 2 is 2.24 bits per heavy atom. The number of nitrogens with zero attached hydrogens (tertiary/aromatic N) is 2. The fourth-order valence-corrected chi connectivity index (χ4v) is 1.52. The lowest BCUT2D eigenvalue weighted by atomic mass is 10.1. The third-order valence-electron chi connectivity index (χ3n) is 2.33. The second kappa shape index (κ2) is 4.55. The number of ether oxygens (including phenoxy) is 1. The molecular weight excluding hydrogens is 223 g/mol. The molecule has 1 N–H and O–H groups in total. The van der Waals surface area contributed by atoms with E-state index in [-0.39, 0.29) is 0 Å². The van der Waals surface area contributed by atoms with Crippen LogP contribution in [0.5, 0.6) is 11.5 Å². The Morgan fingerprint density at radius 1 is 1.47 bits per heavy atom. The lowest BCUT2D eigenvalue weighted by molar-refractivity contribution is 0.195. The van der Waals surface area contributed by atoms with Gasteiger partial charge in [-0.15, -0.1) is 0 Å². The summed E-state index contributed by atoms with van der Waals surface area (Å²) in [4.78, 5) is 0. The Labute approximate surface area is 98.3 Å². The van der Waals surface area contributed by atoms with Crippen LogP contribution in [0.25, 0.3) is 0 Å². The summed E-state index contributed by atoms with van der Waals surface area (Å²) in [7, 11) is 1.77. The number of aliphatic hydroxyl groups excluding tert-OH is 1. The summed E-state index contributed by atoms with van der Waals surface area (Å²) in [5, 5.41) is 13.5. The minimum atomic E-state index is -0.794. The molecule has 17 heavy (non-hydrogen) atoms. The summed E-state index contributed by atoms with van der Waals surface area (Å²) in [5.74, 6) is 0.565. The Balaban J connectivity index is 2.32. The van der Waals surface area contributed by atoms with Crippen LogP contribution in [0.3, 0.4) is 0 Å². The highest BCUT2D eigenvalue weighted by Gasteiger charge is 2.11. The molecule has 0 saturated carbocycles. The molecule has 0 spiro atoms. The van der Waals surface area contributed by atoms with Crippen molar-refractivity contribution in [3.63, 3.8) is 0 Å². The van der Waals surface area contributed by atoms with Crippen LogP contribution in [-0.2, 0) is 7.05 Å². The lowest BCUT2D eigenvalue weighted by Gasteiger charge is -2.11. The van der Waals surface area contributed by atoms with Gasteiger partial charge in [-0.1, -0.05) is 0 Å². The number of aryl methyl sites for hydroxylation is 1. The molecule has 0 aliphatic carbocycles. The molecular formula is C12H13FN2O2. The van der Waals surface area contributed by atoms with Gasteiger partial charge in [0.25, 0.3) is 0 Å². The number of benzene rings is 1. The zero-order valence-corrected chi connectivity index (χ0v) is 9.59. The fraction of sp³-hybridized carbons (Fsp3) is 0.250. The van der Waals surface area contributed by atoms with Crippen molar-refractivity contribution >= 4 is 0 Å². The predicted octanol–water partition coefficient (Wildman–Crippen LogP) is 2.40. The normalized spacial score (nSPS) is 12.5. The molecule has 0 saturated heterocycles. The van der Waals surface area contributed by atoms with Crippen LogP contribution in [0.1, 0.15) is 18.6 Å². The average Bonchev–Trinajstić information content (AvgIpc) is 2.66. The average molecular weight is 236 g/mol. The van der Waals surface area contributed by atoms with Crippen LogP contribution < -0.4 is 4.74 Å². The van der Waals surface area contributed by atoms with Gasteiger partial charge in [-0.3, -0.25) is 4.68 Å². The van der Waals surface area contributed by atoms with E-state index in [9.17, 15) is 9.50 Å². The molecule has 0 aliphatic heterocycles. The van der Waals surface area contributed by atoms with Crippen LogP contribution in [0.2, 0.25) is 0 Å². The second-order valence-corrected chi connectivity index (χ2v) is 3.81. The Hall–Kier alpha value is -1.88. The highest BCUT2D eigenvalue weighted by molar-refractivity contribution is 5.38. The number of aromatic nitrogens is 2. The first-order valence-corrected chi connectivity index (χ1v) is 5.20. The van der Waals surface area contributed by atoms with Crippen molar-refractivity contribution in [1.82, 2.24) is 9.78 Å². The summed E-state index contributed by atoms with van der Waals surface area (Å²) in [5.41, 5.74) is 0.411. The van der Waals surface area contributed by atoms with E-state index in [0.29, 0.717) is 17.1 Å². The van der Waals surface area contributed by atoms with Crippen LogP contribution in [0.15, 0.2) is 30.6 Å². The summed E-state index contributed by atoms with van der Waals surface area (Å²) in [6, 6.07) is 4.04. The van der Waals surface area contributed by atoms with Gasteiger partial charge in [-0.25, -0.2) is 4.39 Å². The van der Waals surface area contributed by atoms with E-state index in [1.807, 2.05) is 0 Å². The smallest absolute Gasteiger partial charge is 0.165 e. The number of halogens is 1. The van der Waals surface area contributed by atoms with E-state index >= 15 is 0 Å². The molecule has 1 atom stereocenters. The van der Waals surface area contributed by atoms with Crippen molar-refractivity contribution in [1.29, 1.82) is 0 Å². The molecule has 2 rings (SSSR count). The van der Waals surface area contributed by atoms with E-state index in [1.165, 1.54) is 18.2 Å². The quantitative estimate of drug-likeness (QED) is 0.890. The zero-order valence-electron chi connectivity index (χ0n) is 9.59. The van der Waals surface area contributed by atoms with Gasteiger partial charge in [0.05, 0.1) is 18.5 Å². The van der Waals surface area contributed by atoms with Gasteiger partial charge < -0.3 is 9.84 Å². The fourth-order valence-electron chi connectivity index (χ4n) is 1.52. The summed E-state index contributed by atoms with van der Waals surface area (Å²) >= 11 is 0. The maximum Gasteiger partial charge on any atom is 0.165 e. The standard InChI is InChI=1S/C12H13FN2O2/c1-8(16)11-5-9(13)3-4-12(11)17-10-6-14-15(2)7-10/h3-8,16H,1-2H3. The minimum Gasteiger partial charge on any atom is -0.454 e. The molecule has 5 heteroatoms. The molecule has 1 unspecified atom stereocenters. The summed E-state index contributed by atoms with van der Waals surface area (Å²) in [6.45, 7) is 1.56. The first kappa shape index (κ1) is 11.6. The third-order valence-corrected chi connectivity index (χ3v) is 2.33. The van der Waals surface area contributed by atoms with Gasteiger partial charge in [-0.2, -0.15) is 5.10 Å². The molecule has 0 amide bonds. The van der Waals surface area contributed by atoms with Crippen LogP contribution >= 0.6 is 0 Å². The van der Waals surface area contributed by atoms with Crippen molar-refractivity contribution in [2.75, 3.05) is 0 Å². The number of aliphatic hydroxyl groups is 1. The van der Waals surface area contributed by atoms with Crippen LogP contribution in [0.4, 0.5) is 4.39 Å². The molecule has 1 aromatic heterocycles. The maximum absolute atomic E-state index is 13.1. The zero-order chi connectivity index (χ0) is 12.4. The highest BCUT2D eigenvalue weighted by Crippen LogP contribution is 2.29. The van der Waals surface area contributed by atoms with E-state index in [1.54, 1.807) is 31.0 Å². The molecule has 0 fully saturated rings. The molecule has 90 valence electrons. The summed E-state index contributed by atoms with van der Waals surface area (Å²) < 4.78 is 20.2. The van der Waals surface area contributed by atoms with E-state index < -0.39 is 11.9 Å². The van der Waals surface area contributed by atoms with Crippen molar-refractivity contribution < 1.29 is 14.2 Å². The Morgan fingerprint density at radius 3 is 2.82 bits per heavy atom. The van der Waals surface area contributed by atoms with Gasteiger partial charge >= 0.3 is 0 Å². The molecule has 1 aromatic carbocycles. The first-order chi connectivity index (χ1) is 8.06. The van der Waals surface area contributed by atoms with E-state index in [0.717, 1.165) is 0 Å². The molecule has 4 nitrogen and oxygen atoms in total. The molecule has 0 bridgehead atoms. The van der Waals surface area contributed by atoms with Crippen LogP contribution in [0, 0.1) is 5.82 Å². The van der Waals surface area contributed by atoms with E-state index in [4.69, 9.17) is 4.74 Å². The van der Waals surface area contributed by atoms with Gasteiger partial charge in [0, 0.05) is 12.6 Å². The Kier molecular flexibility index (Phi) is 3.10. The lowest BCUT2D eigenvalue weighted by Crippen LogP contribution is -1.96. The first-order valence-electron chi connectivity index (χ1n) is 5.20. The predicted molar refractivity (Wildman–Crippen MR) is 60.3 cm³/mol. The van der Waals surface area contributed by atoms with E-state index in [2.05, 4.69) is 5.10 Å². The highest BCUT2D eigenvalue weighted by atomic mass is 19.1. The largest absolute Gasteiger partial charge is 0.454 e. The molecule has 0 aliphatic rings. The van der Waals surface area contributed by atoms with Crippen molar-refractivity contribution in [2.45, 2.75) is 13.0 Å². The van der Waals surface area contributed by atoms with Crippen LogP contribution in [-0.4, -0.2) is 14.9 Å². The van der Waals surface area contributed by atoms with Crippen molar-refractivity contribution in [3.8, 4) is 11.5 Å². The van der Waals surface area contributed by atoms with Gasteiger partial charge in [0.2, 0.25) is 0 Å². The monoisotopic (exact) mass is 236 g/mol. The minimum absolute atomic E-state index is 0.403. The maximum atomic E-state index is 13.1. The Bertz CT molecular complexity index is 523. The number of hydrogen-bond acceptors (Lipinski definition) is 3. The van der Waals surface area contributed by atoms with Gasteiger partial charge in [-0.05, 0) is 25.1 Å². The number of hydrogen-bond donors (Lipinski definition) is 1. The van der Waals surface area contributed by atoms with Gasteiger partial charge in [0.1, 0.15) is 11.6 Å². The topological polar surface area (TPSA) is 47.3 Å². The summed E-state index contributed by atoms with van der Waals surface area (Å²) in [6.07, 6.45) is 2.45. The molecule has 2 aromatic rings. The SMILES string of the molecule is CC(O)c1cc(F)ccc1Oc1cnn(C)c1. The van der Waals surface area contributed by atoms with Crippen molar-refractivity contribution in [2.24, 2.45) is 7.05 Å². The second-order valence-electron chi connectivity index (χ2n) is 3.81. The third kappa shape index (κ3) is 2.62. The van der Waals surface area contributed by atoms with Crippen molar-refractivity contribution in [3.05, 3.63) is 42.0 Å².